The van der Waals surface area contributed by atoms with E-state index in [-0.39, 0.29) is 23.6 Å². The molecule has 2 aliphatic rings. The minimum Gasteiger partial charge on any atom is -0.493 e. The largest absolute Gasteiger partial charge is 0.493 e. The molecular weight excluding hydrogens is 360 g/mol. The van der Waals surface area contributed by atoms with Crippen molar-refractivity contribution in [2.24, 2.45) is 0 Å². The van der Waals surface area contributed by atoms with Gasteiger partial charge in [0.05, 0.1) is 18.1 Å². The Balaban J connectivity index is 1.69. The molecule has 0 radical (unpaired) electrons. The van der Waals surface area contributed by atoms with E-state index in [1.165, 1.54) is 16.3 Å². The Morgan fingerprint density at radius 2 is 1.85 bits per heavy atom. The van der Waals surface area contributed by atoms with Gasteiger partial charge in [0, 0.05) is 37.3 Å². The fourth-order valence-corrected chi connectivity index (χ4v) is 6.51. The van der Waals surface area contributed by atoms with Crippen LogP contribution in [0.2, 0.25) is 0 Å². The molecule has 0 spiro atoms. The predicted molar refractivity (Wildman–Crippen MR) is 109 cm³/mol. The standard InChI is InChI=1S/C21H28N2O3S/c1-3-12-26-21-9-8-16-6-4-5-7-17(16)18(21)13-23-11-10-22(2)19-14-27(24,25)15-20(19)23/h4-9,19-20H,3,10-15H2,1-2H3/t19-,20+/m1/s1. The van der Waals surface area contributed by atoms with Gasteiger partial charge in [0.2, 0.25) is 0 Å². The molecule has 2 aliphatic heterocycles. The van der Waals surface area contributed by atoms with Gasteiger partial charge in [0.15, 0.2) is 9.84 Å². The fraction of sp³-hybridized carbons (Fsp3) is 0.524. The van der Waals surface area contributed by atoms with Crippen LogP contribution in [-0.4, -0.2) is 68.6 Å². The first kappa shape index (κ1) is 18.7. The lowest BCUT2D eigenvalue weighted by molar-refractivity contribution is 0.0569. The molecule has 146 valence electrons. The molecule has 0 bridgehead atoms. The van der Waals surface area contributed by atoms with Gasteiger partial charge in [-0.3, -0.25) is 9.80 Å². The molecule has 27 heavy (non-hydrogen) atoms. The highest BCUT2D eigenvalue weighted by Crippen LogP contribution is 2.33. The Labute approximate surface area is 161 Å². The zero-order chi connectivity index (χ0) is 19.0. The monoisotopic (exact) mass is 388 g/mol. The lowest BCUT2D eigenvalue weighted by atomic mass is 10.00. The third-order valence-corrected chi connectivity index (χ3v) is 7.59. The third-order valence-electron chi connectivity index (χ3n) is 5.89. The molecule has 2 atom stereocenters. The van der Waals surface area contributed by atoms with Crippen molar-refractivity contribution in [2.45, 2.75) is 32.0 Å². The summed E-state index contributed by atoms with van der Waals surface area (Å²) in [5.74, 6) is 1.46. The maximum atomic E-state index is 12.3. The van der Waals surface area contributed by atoms with Crippen molar-refractivity contribution in [3.8, 4) is 5.75 Å². The zero-order valence-corrected chi connectivity index (χ0v) is 16.9. The molecule has 2 fully saturated rings. The molecule has 5 nitrogen and oxygen atoms in total. The highest BCUT2D eigenvalue weighted by atomic mass is 32.2. The van der Waals surface area contributed by atoms with Crippen molar-refractivity contribution >= 4 is 20.6 Å². The smallest absolute Gasteiger partial charge is 0.153 e. The molecule has 2 aromatic carbocycles. The van der Waals surface area contributed by atoms with Crippen LogP contribution < -0.4 is 4.74 Å². The number of piperazine rings is 1. The molecule has 2 heterocycles. The van der Waals surface area contributed by atoms with Crippen molar-refractivity contribution < 1.29 is 13.2 Å². The Hall–Kier alpha value is -1.63. The Kier molecular flexibility index (Phi) is 5.14. The van der Waals surface area contributed by atoms with E-state index in [4.69, 9.17) is 4.74 Å². The second-order valence-electron chi connectivity index (χ2n) is 7.77. The van der Waals surface area contributed by atoms with Crippen LogP contribution in [0.3, 0.4) is 0 Å². The van der Waals surface area contributed by atoms with Crippen LogP contribution in [0.5, 0.6) is 5.75 Å². The van der Waals surface area contributed by atoms with Crippen molar-refractivity contribution in [3.05, 3.63) is 42.0 Å². The summed E-state index contributed by atoms with van der Waals surface area (Å²) < 4.78 is 30.6. The third kappa shape index (κ3) is 3.71. The van der Waals surface area contributed by atoms with Crippen molar-refractivity contribution in [2.75, 3.05) is 38.2 Å². The van der Waals surface area contributed by atoms with Gasteiger partial charge in [-0.05, 0) is 30.3 Å². The summed E-state index contributed by atoms with van der Waals surface area (Å²) >= 11 is 0. The highest BCUT2D eigenvalue weighted by molar-refractivity contribution is 7.91. The first-order valence-corrected chi connectivity index (χ1v) is 11.6. The lowest BCUT2D eigenvalue weighted by Gasteiger charge is -2.42. The maximum absolute atomic E-state index is 12.3. The number of fused-ring (bicyclic) bond motifs is 2. The molecular formula is C21H28N2O3S. The van der Waals surface area contributed by atoms with Crippen LogP contribution in [0.25, 0.3) is 10.8 Å². The molecule has 0 saturated carbocycles. The van der Waals surface area contributed by atoms with E-state index in [0.717, 1.165) is 31.8 Å². The van der Waals surface area contributed by atoms with Crippen molar-refractivity contribution in [1.82, 2.24) is 9.80 Å². The number of sulfone groups is 1. The lowest BCUT2D eigenvalue weighted by Crippen LogP contribution is -2.57. The second kappa shape index (κ2) is 7.41. The molecule has 0 amide bonds. The van der Waals surface area contributed by atoms with Crippen molar-refractivity contribution in [3.63, 3.8) is 0 Å². The number of hydrogen-bond donors (Lipinski definition) is 0. The molecule has 6 heteroatoms. The van der Waals surface area contributed by atoms with Crippen LogP contribution in [-0.2, 0) is 16.4 Å². The zero-order valence-electron chi connectivity index (χ0n) is 16.1. The SMILES string of the molecule is CCCOc1ccc2ccccc2c1CN1CCN(C)[C@@H]2CS(=O)(=O)C[C@@H]21. The molecule has 0 aliphatic carbocycles. The molecule has 2 saturated heterocycles. The minimum absolute atomic E-state index is 0.0618. The van der Waals surface area contributed by atoms with E-state index in [2.05, 4.69) is 47.1 Å². The summed E-state index contributed by atoms with van der Waals surface area (Å²) in [6, 6.07) is 12.7. The van der Waals surface area contributed by atoms with Gasteiger partial charge in [-0.15, -0.1) is 0 Å². The summed E-state index contributed by atoms with van der Waals surface area (Å²) in [6.45, 7) is 5.30. The van der Waals surface area contributed by atoms with E-state index in [1.807, 2.05) is 13.1 Å². The molecule has 4 rings (SSSR count). The summed E-state index contributed by atoms with van der Waals surface area (Å²) in [4.78, 5) is 4.57. The molecule has 0 aromatic heterocycles. The van der Waals surface area contributed by atoms with Gasteiger partial charge in [-0.25, -0.2) is 8.42 Å². The second-order valence-corrected chi connectivity index (χ2v) is 9.93. The number of nitrogens with zero attached hydrogens (tertiary/aromatic N) is 2. The highest BCUT2D eigenvalue weighted by Gasteiger charge is 2.45. The van der Waals surface area contributed by atoms with Gasteiger partial charge in [0.1, 0.15) is 5.75 Å². The van der Waals surface area contributed by atoms with E-state index < -0.39 is 9.84 Å². The Morgan fingerprint density at radius 1 is 1.07 bits per heavy atom. The molecule has 0 N–H and O–H groups in total. The Bertz CT molecular complexity index is 928. The molecule has 0 unspecified atom stereocenters. The predicted octanol–water partition coefficient (Wildman–Crippen LogP) is 2.54. The summed E-state index contributed by atoms with van der Waals surface area (Å²) in [5.41, 5.74) is 1.18. The topological polar surface area (TPSA) is 49.9 Å². The van der Waals surface area contributed by atoms with Gasteiger partial charge < -0.3 is 4.74 Å². The van der Waals surface area contributed by atoms with Crippen LogP contribution >= 0.6 is 0 Å². The van der Waals surface area contributed by atoms with E-state index in [1.54, 1.807) is 0 Å². The van der Waals surface area contributed by atoms with E-state index in [0.29, 0.717) is 6.61 Å². The van der Waals surface area contributed by atoms with Crippen LogP contribution in [0.4, 0.5) is 0 Å². The number of hydrogen-bond acceptors (Lipinski definition) is 5. The quantitative estimate of drug-likeness (QED) is 0.788. The van der Waals surface area contributed by atoms with Gasteiger partial charge in [0.25, 0.3) is 0 Å². The fourth-order valence-electron chi connectivity index (χ4n) is 4.42. The van der Waals surface area contributed by atoms with Gasteiger partial charge in [-0.2, -0.15) is 0 Å². The average molecular weight is 389 g/mol. The van der Waals surface area contributed by atoms with E-state index in [9.17, 15) is 8.42 Å². The van der Waals surface area contributed by atoms with E-state index >= 15 is 0 Å². The number of ether oxygens (including phenoxy) is 1. The number of rotatable bonds is 5. The summed E-state index contributed by atoms with van der Waals surface area (Å²) in [5, 5.41) is 2.39. The molecule has 2 aromatic rings. The first-order chi connectivity index (χ1) is 13.0. The van der Waals surface area contributed by atoms with Crippen LogP contribution in [0, 0.1) is 0 Å². The first-order valence-electron chi connectivity index (χ1n) is 9.76. The number of likely N-dealkylation sites (N-methyl/N-ethyl adjacent to an activating group) is 1. The number of benzene rings is 2. The Morgan fingerprint density at radius 3 is 2.67 bits per heavy atom. The summed E-state index contributed by atoms with van der Waals surface area (Å²) in [7, 11) is -0.923. The van der Waals surface area contributed by atoms with Gasteiger partial charge in [-0.1, -0.05) is 37.3 Å². The minimum atomic E-state index is -2.97. The normalized spacial score (nSPS) is 25.6. The van der Waals surface area contributed by atoms with Gasteiger partial charge >= 0.3 is 0 Å². The summed E-state index contributed by atoms with van der Waals surface area (Å²) in [6.07, 6.45) is 0.962. The average Bonchev–Trinajstić information content (AvgIpc) is 2.99. The van der Waals surface area contributed by atoms with Crippen molar-refractivity contribution in [1.29, 1.82) is 0 Å². The maximum Gasteiger partial charge on any atom is 0.153 e. The van der Waals surface area contributed by atoms with Crippen LogP contribution in [0.1, 0.15) is 18.9 Å². The van der Waals surface area contributed by atoms with Crippen LogP contribution in [0.15, 0.2) is 36.4 Å².